The zero-order valence-corrected chi connectivity index (χ0v) is 10.1. The molecule has 0 saturated heterocycles. The van der Waals surface area contributed by atoms with E-state index >= 15 is 0 Å². The van der Waals surface area contributed by atoms with Crippen molar-refractivity contribution in [3.63, 3.8) is 0 Å². The summed E-state index contributed by atoms with van der Waals surface area (Å²) in [5, 5.41) is 0. The predicted molar refractivity (Wildman–Crippen MR) is 65.7 cm³/mol. The normalized spacial score (nSPS) is 33.4. The largest absolute Gasteiger partial charge is 0.328 e. The van der Waals surface area contributed by atoms with Gasteiger partial charge in [-0.05, 0) is 37.5 Å². The van der Waals surface area contributed by atoms with Crippen LogP contribution in [0.5, 0.6) is 0 Å². The number of hydrogen-bond donors (Lipinski definition) is 1. The van der Waals surface area contributed by atoms with Gasteiger partial charge in [-0.2, -0.15) is 0 Å². The minimum Gasteiger partial charge on any atom is -0.328 e. The Morgan fingerprint density at radius 3 is 1.87 bits per heavy atom. The van der Waals surface area contributed by atoms with E-state index < -0.39 is 0 Å². The number of rotatable bonds is 4. The van der Waals surface area contributed by atoms with E-state index in [0.717, 1.165) is 11.8 Å². The standard InChI is InChI=1S/C14H27N/c15-14-10-8-13(9-11-14)7-3-6-12-4-1-2-5-12/h12-14H,1-11,15H2. The fourth-order valence-electron chi connectivity index (χ4n) is 3.47. The van der Waals surface area contributed by atoms with E-state index in [1.807, 2.05) is 0 Å². The molecule has 0 atom stereocenters. The zero-order chi connectivity index (χ0) is 10.5. The highest BCUT2D eigenvalue weighted by atomic mass is 14.6. The average molecular weight is 209 g/mol. The summed E-state index contributed by atoms with van der Waals surface area (Å²) in [5.41, 5.74) is 5.93. The van der Waals surface area contributed by atoms with E-state index in [-0.39, 0.29) is 0 Å². The third-order valence-electron chi connectivity index (χ3n) is 4.59. The van der Waals surface area contributed by atoms with E-state index in [1.165, 1.54) is 70.6 Å². The molecule has 0 amide bonds. The zero-order valence-electron chi connectivity index (χ0n) is 10.1. The van der Waals surface area contributed by atoms with Crippen LogP contribution in [0.3, 0.4) is 0 Å². The Morgan fingerprint density at radius 1 is 0.733 bits per heavy atom. The molecule has 0 radical (unpaired) electrons. The molecule has 1 nitrogen and oxygen atoms in total. The second-order valence-corrected chi connectivity index (χ2v) is 5.86. The Balaban J connectivity index is 1.53. The Bertz CT molecular complexity index is 164. The van der Waals surface area contributed by atoms with Crippen LogP contribution >= 0.6 is 0 Å². The SMILES string of the molecule is NC1CCC(CCCC2CCCC2)CC1. The minimum atomic E-state index is 0.524. The third-order valence-corrected chi connectivity index (χ3v) is 4.59. The Morgan fingerprint density at radius 2 is 1.27 bits per heavy atom. The first-order valence-electron chi connectivity index (χ1n) is 7.10. The lowest BCUT2D eigenvalue weighted by molar-refractivity contribution is 0.296. The smallest absolute Gasteiger partial charge is 0.00390 e. The second-order valence-electron chi connectivity index (χ2n) is 5.86. The van der Waals surface area contributed by atoms with Crippen LogP contribution in [0, 0.1) is 11.8 Å². The molecule has 0 unspecified atom stereocenters. The van der Waals surface area contributed by atoms with Gasteiger partial charge in [0.2, 0.25) is 0 Å². The van der Waals surface area contributed by atoms with Crippen LogP contribution in [0.1, 0.15) is 70.6 Å². The van der Waals surface area contributed by atoms with Crippen molar-refractivity contribution >= 4 is 0 Å². The molecule has 2 saturated carbocycles. The summed E-state index contributed by atoms with van der Waals surface area (Å²) in [5.74, 6) is 2.11. The maximum absolute atomic E-state index is 5.93. The van der Waals surface area contributed by atoms with Gasteiger partial charge in [-0.3, -0.25) is 0 Å². The quantitative estimate of drug-likeness (QED) is 0.747. The van der Waals surface area contributed by atoms with E-state index in [0.29, 0.717) is 6.04 Å². The van der Waals surface area contributed by atoms with Crippen LogP contribution < -0.4 is 5.73 Å². The summed E-state index contributed by atoms with van der Waals surface area (Å²) in [6.45, 7) is 0. The van der Waals surface area contributed by atoms with E-state index in [9.17, 15) is 0 Å². The molecule has 15 heavy (non-hydrogen) atoms. The van der Waals surface area contributed by atoms with Crippen molar-refractivity contribution in [2.24, 2.45) is 17.6 Å². The fourth-order valence-corrected chi connectivity index (χ4v) is 3.47. The molecule has 1 heteroatoms. The van der Waals surface area contributed by atoms with Crippen molar-refractivity contribution in [1.29, 1.82) is 0 Å². The Hall–Kier alpha value is -0.0400. The monoisotopic (exact) mass is 209 g/mol. The van der Waals surface area contributed by atoms with E-state index in [4.69, 9.17) is 5.73 Å². The predicted octanol–water partition coefficient (Wildman–Crippen LogP) is 3.86. The molecule has 2 aliphatic carbocycles. The summed E-state index contributed by atoms with van der Waals surface area (Å²) in [4.78, 5) is 0. The van der Waals surface area contributed by atoms with Gasteiger partial charge in [0.1, 0.15) is 0 Å². The van der Waals surface area contributed by atoms with Gasteiger partial charge < -0.3 is 5.73 Å². The van der Waals surface area contributed by atoms with Gasteiger partial charge in [-0.25, -0.2) is 0 Å². The molecule has 2 fully saturated rings. The first-order chi connectivity index (χ1) is 7.34. The highest BCUT2D eigenvalue weighted by Gasteiger charge is 2.19. The van der Waals surface area contributed by atoms with Crippen LogP contribution in [-0.2, 0) is 0 Å². The number of nitrogens with two attached hydrogens (primary N) is 1. The summed E-state index contributed by atoms with van der Waals surface area (Å²) < 4.78 is 0. The van der Waals surface area contributed by atoms with Crippen LogP contribution in [0.4, 0.5) is 0 Å². The summed E-state index contributed by atoms with van der Waals surface area (Å²) in [6.07, 6.45) is 15.9. The maximum atomic E-state index is 5.93. The summed E-state index contributed by atoms with van der Waals surface area (Å²) in [6, 6.07) is 0.524. The fraction of sp³-hybridized carbons (Fsp3) is 1.00. The molecular formula is C14H27N. The van der Waals surface area contributed by atoms with Gasteiger partial charge in [0.05, 0.1) is 0 Å². The van der Waals surface area contributed by atoms with Crippen molar-refractivity contribution in [3.8, 4) is 0 Å². The van der Waals surface area contributed by atoms with Gasteiger partial charge in [0, 0.05) is 6.04 Å². The van der Waals surface area contributed by atoms with Gasteiger partial charge in [0.15, 0.2) is 0 Å². The Labute approximate surface area is 94.8 Å². The average Bonchev–Trinajstić information content (AvgIpc) is 2.74. The van der Waals surface area contributed by atoms with Crippen molar-refractivity contribution < 1.29 is 0 Å². The molecule has 88 valence electrons. The highest BCUT2D eigenvalue weighted by molar-refractivity contribution is 4.75. The van der Waals surface area contributed by atoms with Crippen LogP contribution in [0.25, 0.3) is 0 Å². The molecule has 0 aromatic carbocycles. The van der Waals surface area contributed by atoms with Crippen LogP contribution in [-0.4, -0.2) is 6.04 Å². The molecular weight excluding hydrogens is 182 g/mol. The highest BCUT2D eigenvalue weighted by Crippen LogP contribution is 2.32. The molecule has 0 aromatic rings. The lowest BCUT2D eigenvalue weighted by atomic mass is 9.83. The van der Waals surface area contributed by atoms with Gasteiger partial charge >= 0.3 is 0 Å². The topological polar surface area (TPSA) is 26.0 Å². The second kappa shape index (κ2) is 5.89. The number of hydrogen-bond acceptors (Lipinski definition) is 1. The van der Waals surface area contributed by atoms with Crippen LogP contribution in [0.2, 0.25) is 0 Å². The first kappa shape index (κ1) is 11.4. The maximum Gasteiger partial charge on any atom is 0.00390 e. The van der Waals surface area contributed by atoms with Crippen LogP contribution in [0.15, 0.2) is 0 Å². The molecule has 2 N–H and O–H groups in total. The molecule has 0 heterocycles. The van der Waals surface area contributed by atoms with Crippen molar-refractivity contribution in [3.05, 3.63) is 0 Å². The molecule has 2 aliphatic rings. The first-order valence-corrected chi connectivity index (χ1v) is 7.10. The third kappa shape index (κ3) is 3.79. The summed E-state index contributed by atoms with van der Waals surface area (Å²) in [7, 11) is 0. The van der Waals surface area contributed by atoms with Gasteiger partial charge in [-0.1, -0.05) is 44.9 Å². The molecule has 0 spiro atoms. The van der Waals surface area contributed by atoms with Gasteiger partial charge in [-0.15, -0.1) is 0 Å². The molecule has 0 aromatic heterocycles. The minimum absolute atomic E-state index is 0.524. The Kier molecular flexibility index (Phi) is 4.49. The van der Waals surface area contributed by atoms with E-state index in [2.05, 4.69) is 0 Å². The lowest BCUT2D eigenvalue weighted by Crippen LogP contribution is -2.26. The van der Waals surface area contributed by atoms with Gasteiger partial charge in [0.25, 0.3) is 0 Å². The van der Waals surface area contributed by atoms with Crippen molar-refractivity contribution in [1.82, 2.24) is 0 Å². The lowest BCUT2D eigenvalue weighted by Gasteiger charge is -2.26. The molecule has 0 bridgehead atoms. The molecule has 2 rings (SSSR count). The van der Waals surface area contributed by atoms with Crippen molar-refractivity contribution in [2.45, 2.75) is 76.7 Å². The van der Waals surface area contributed by atoms with Crippen molar-refractivity contribution in [2.75, 3.05) is 0 Å². The molecule has 0 aliphatic heterocycles. The van der Waals surface area contributed by atoms with E-state index in [1.54, 1.807) is 0 Å². The summed E-state index contributed by atoms with van der Waals surface area (Å²) >= 11 is 0.